The van der Waals surface area contributed by atoms with Gasteiger partial charge in [-0.3, -0.25) is 14.9 Å². The highest BCUT2D eigenvalue weighted by atomic mass is 32.2. The first-order chi connectivity index (χ1) is 9.60. The van der Waals surface area contributed by atoms with E-state index in [9.17, 15) is 31.2 Å². The molecule has 2 amide bonds. The van der Waals surface area contributed by atoms with E-state index in [2.05, 4.69) is 9.50 Å². The van der Waals surface area contributed by atoms with Gasteiger partial charge in [0.25, 0.3) is 0 Å². The molecule has 1 atom stereocenters. The van der Waals surface area contributed by atoms with Crippen molar-refractivity contribution >= 4 is 21.9 Å². The minimum absolute atomic E-state index is 0.0696. The summed E-state index contributed by atoms with van der Waals surface area (Å²) < 4.78 is 61.9. The number of imide groups is 1. The number of carbonyl (C=O) groups is 2. The van der Waals surface area contributed by atoms with Gasteiger partial charge < -0.3 is 4.18 Å². The number of hydrogen-bond donors (Lipinski definition) is 1. The maximum Gasteiger partial charge on any atom is 0.534 e. The fraction of sp³-hybridized carbons (Fsp3) is 0.273. The molecule has 2 rings (SSSR count). The lowest BCUT2D eigenvalue weighted by atomic mass is 9.98. The molecule has 1 unspecified atom stereocenters. The number of hydrogen-bond acceptors (Lipinski definition) is 5. The first kappa shape index (κ1) is 15.3. The lowest BCUT2D eigenvalue weighted by Crippen LogP contribution is -2.28. The number of amides is 2. The fourth-order valence-electron chi connectivity index (χ4n) is 1.75. The van der Waals surface area contributed by atoms with Gasteiger partial charge in [-0.25, -0.2) is 0 Å². The van der Waals surface area contributed by atoms with Crippen molar-refractivity contribution in [2.75, 3.05) is 0 Å². The summed E-state index contributed by atoms with van der Waals surface area (Å²) in [5.74, 6) is -2.26. The molecule has 0 bridgehead atoms. The molecule has 0 radical (unpaired) electrons. The van der Waals surface area contributed by atoms with E-state index in [-0.39, 0.29) is 6.42 Å². The van der Waals surface area contributed by atoms with Crippen LogP contribution >= 0.6 is 0 Å². The Kier molecular flexibility index (Phi) is 3.66. The van der Waals surface area contributed by atoms with Crippen molar-refractivity contribution < 1.29 is 35.4 Å². The van der Waals surface area contributed by atoms with Crippen molar-refractivity contribution in [3.05, 3.63) is 29.8 Å². The average Bonchev–Trinajstić information content (AvgIpc) is 2.67. The second-order valence-corrected chi connectivity index (χ2v) is 5.76. The van der Waals surface area contributed by atoms with Crippen molar-refractivity contribution in [2.45, 2.75) is 17.8 Å². The smallest absolute Gasteiger partial charge is 0.376 e. The molecule has 1 aliphatic heterocycles. The third kappa shape index (κ3) is 3.15. The van der Waals surface area contributed by atoms with Gasteiger partial charge in [-0.15, -0.1) is 0 Å². The molecule has 1 aromatic rings. The van der Waals surface area contributed by atoms with E-state index >= 15 is 0 Å². The van der Waals surface area contributed by atoms with Crippen LogP contribution in [-0.4, -0.2) is 25.7 Å². The van der Waals surface area contributed by atoms with E-state index in [4.69, 9.17) is 0 Å². The molecule has 1 N–H and O–H groups in total. The molecule has 0 aliphatic carbocycles. The number of alkyl halides is 3. The summed E-state index contributed by atoms with van der Waals surface area (Å²) in [6.07, 6.45) is -0.0696. The number of benzene rings is 1. The van der Waals surface area contributed by atoms with Gasteiger partial charge in [0.05, 0.1) is 5.92 Å². The van der Waals surface area contributed by atoms with Crippen LogP contribution in [0.2, 0.25) is 0 Å². The predicted octanol–water partition coefficient (Wildman–Crippen LogP) is 1.05. The van der Waals surface area contributed by atoms with E-state index in [1.165, 1.54) is 12.1 Å². The van der Waals surface area contributed by atoms with E-state index in [0.717, 1.165) is 12.1 Å². The molecule has 21 heavy (non-hydrogen) atoms. The zero-order valence-corrected chi connectivity index (χ0v) is 11.0. The normalized spacial score (nSPS) is 19.5. The molecule has 1 fully saturated rings. The molecule has 6 nitrogen and oxygen atoms in total. The van der Waals surface area contributed by atoms with Crippen LogP contribution in [0.3, 0.4) is 0 Å². The fourth-order valence-corrected chi connectivity index (χ4v) is 2.21. The van der Waals surface area contributed by atoms with Crippen molar-refractivity contribution in [1.29, 1.82) is 0 Å². The first-order valence-electron chi connectivity index (χ1n) is 5.54. The number of carbonyl (C=O) groups excluding carboxylic acids is 2. The largest absolute Gasteiger partial charge is 0.534 e. The highest BCUT2D eigenvalue weighted by molar-refractivity contribution is 7.87. The molecule has 1 aromatic carbocycles. The van der Waals surface area contributed by atoms with Gasteiger partial charge in [0, 0.05) is 6.42 Å². The van der Waals surface area contributed by atoms with E-state index < -0.39 is 39.1 Å². The van der Waals surface area contributed by atoms with E-state index in [1.54, 1.807) is 0 Å². The molecule has 1 aliphatic rings. The van der Waals surface area contributed by atoms with Crippen LogP contribution < -0.4 is 9.50 Å². The second kappa shape index (κ2) is 5.02. The Morgan fingerprint density at radius 3 is 2.14 bits per heavy atom. The minimum Gasteiger partial charge on any atom is -0.376 e. The summed E-state index contributed by atoms with van der Waals surface area (Å²) in [6.45, 7) is 0. The number of rotatable bonds is 3. The van der Waals surface area contributed by atoms with Gasteiger partial charge in [-0.2, -0.15) is 21.6 Å². The molecule has 114 valence electrons. The predicted molar refractivity (Wildman–Crippen MR) is 62.6 cm³/mol. The van der Waals surface area contributed by atoms with Gasteiger partial charge >= 0.3 is 15.6 Å². The molecule has 0 aromatic heterocycles. The van der Waals surface area contributed by atoms with Crippen LogP contribution in [0.5, 0.6) is 5.75 Å². The monoisotopic (exact) mass is 323 g/mol. The lowest BCUT2D eigenvalue weighted by Gasteiger charge is -2.10. The van der Waals surface area contributed by atoms with Crippen LogP contribution in [-0.2, 0) is 19.7 Å². The molecular formula is C11H8F3NO5S. The van der Waals surface area contributed by atoms with E-state index in [1.807, 2.05) is 0 Å². The van der Waals surface area contributed by atoms with Gasteiger partial charge in [0.2, 0.25) is 11.8 Å². The third-order valence-electron chi connectivity index (χ3n) is 2.74. The zero-order valence-electron chi connectivity index (χ0n) is 10.2. The Morgan fingerprint density at radius 1 is 1.14 bits per heavy atom. The van der Waals surface area contributed by atoms with Gasteiger partial charge in [0.15, 0.2) is 0 Å². The maximum atomic E-state index is 12.1. The highest BCUT2D eigenvalue weighted by Gasteiger charge is 2.48. The van der Waals surface area contributed by atoms with Gasteiger partial charge in [-0.05, 0) is 17.7 Å². The van der Waals surface area contributed by atoms with Gasteiger partial charge in [0.1, 0.15) is 5.75 Å². The average molecular weight is 323 g/mol. The van der Waals surface area contributed by atoms with Crippen LogP contribution in [0, 0.1) is 0 Å². The van der Waals surface area contributed by atoms with Crippen molar-refractivity contribution in [2.24, 2.45) is 0 Å². The van der Waals surface area contributed by atoms with Gasteiger partial charge in [-0.1, -0.05) is 12.1 Å². The molecule has 0 spiro atoms. The number of nitrogens with one attached hydrogen (secondary N) is 1. The van der Waals surface area contributed by atoms with Crippen LogP contribution in [0.25, 0.3) is 0 Å². The topological polar surface area (TPSA) is 89.5 Å². The Bertz CT molecular complexity index is 681. The number of halogens is 3. The molecule has 1 heterocycles. The van der Waals surface area contributed by atoms with E-state index in [0.29, 0.717) is 5.56 Å². The lowest BCUT2D eigenvalue weighted by molar-refractivity contribution is -0.125. The van der Waals surface area contributed by atoms with Crippen molar-refractivity contribution in [1.82, 2.24) is 5.32 Å². The zero-order chi connectivity index (χ0) is 15.8. The summed E-state index contributed by atoms with van der Waals surface area (Å²) in [7, 11) is -5.74. The van der Waals surface area contributed by atoms with Crippen molar-refractivity contribution in [3.63, 3.8) is 0 Å². The molecular weight excluding hydrogens is 315 g/mol. The third-order valence-corrected chi connectivity index (χ3v) is 3.72. The summed E-state index contributed by atoms with van der Waals surface area (Å²) in [6, 6.07) is 4.41. The quantitative estimate of drug-likeness (QED) is 0.510. The molecule has 1 saturated heterocycles. The Hall–Kier alpha value is -2.10. The second-order valence-electron chi connectivity index (χ2n) is 4.22. The van der Waals surface area contributed by atoms with Crippen LogP contribution in [0.1, 0.15) is 17.9 Å². The standard InChI is InChI=1S/C11H8F3NO5S/c12-11(13,14)21(18,19)20-7-3-1-6(2-4-7)8-5-9(16)15-10(8)17/h1-4,8H,5H2,(H,15,16,17). The summed E-state index contributed by atoms with van der Waals surface area (Å²) in [5.41, 5.74) is -5.15. The molecule has 10 heteroatoms. The molecule has 0 saturated carbocycles. The van der Waals surface area contributed by atoms with Crippen LogP contribution in [0.15, 0.2) is 24.3 Å². The Morgan fingerprint density at radius 2 is 1.71 bits per heavy atom. The SMILES string of the molecule is O=C1CC(c2ccc(OS(=O)(=O)C(F)(F)F)cc2)C(=O)N1. The Balaban J connectivity index is 2.17. The summed E-state index contributed by atoms with van der Waals surface area (Å²) in [5, 5.41) is 2.08. The Labute approximate surface area is 117 Å². The maximum absolute atomic E-state index is 12.1. The summed E-state index contributed by atoms with van der Waals surface area (Å²) >= 11 is 0. The van der Waals surface area contributed by atoms with Crippen LogP contribution in [0.4, 0.5) is 13.2 Å². The highest BCUT2D eigenvalue weighted by Crippen LogP contribution is 2.29. The first-order valence-corrected chi connectivity index (χ1v) is 6.95. The van der Waals surface area contributed by atoms with Crippen molar-refractivity contribution in [3.8, 4) is 5.75 Å². The minimum atomic E-state index is -5.74. The summed E-state index contributed by atoms with van der Waals surface area (Å²) in [4.78, 5) is 22.5.